The van der Waals surface area contributed by atoms with Crippen LogP contribution in [-0.4, -0.2) is 59.3 Å². The fourth-order valence-corrected chi connectivity index (χ4v) is 6.81. The molecule has 3 N–H and O–H groups in total. The first-order chi connectivity index (χ1) is 43.2. The predicted molar refractivity (Wildman–Crippen MR) is 401 cm³/mol. The number of oxazole rings is 3. The Balaban J connectivity index is -0.000000113. The second kappa shape index (κ2) is 79.2. The lowest BCUT2D eigenvalue weighted by Crippen LogP contribution is -1.85. The van der Waals surface area contributed by atoms with Crippen molar-refractivity contribution < 1.29 is 13.3 Å². The summed E-state index contributed by atoms with van der Waals surface area (Å²) in [5, 5.41) is 24.1. The number of nitrogens with one attached hydrogen (secondary N) is 3. The molecular weight excluding hydrogens is 1180 g/mol. The summed E-state index contributed by atoms with van der Waals surface area (Å²) < 4.78 is 23.1. The van der Waals surface area contributed by atoms with Gasteiger partial charge in [0.2, 0.25) is 0 Å². The van der Waals surface area contributed by atoms with Gasteiger partial charge in [0, 0.05) is 75.8 Å². The van der Waals surface area contributed by atoms with Crippen molar-refractivity contribution in [3.63, 3.8) is 0 Å². The van der Waals surface area contributed by atoms with Crippen LogP contribution in [0, 0.1) is 0 Å². The van der Waals surface area contributed by atoms with Crippen molar-refractivity contribution in [1.29, 1.82) is 0 Å². The van der Waals surface area contributed by atoms with Crippen LogP contribution in [0.1, 0.15) is 353 Å². The standard InChI is InChI=1S/3C6H10N2.3C6H9NO.3C6H9NS.9C2H6/c1-5(2)6-3-7-8-4-6;2*1-5(2)6-3-4-7-8-6;2*1-5(2)6-3-7-4-8-6;1-5(2)6-7-3-4-8-6;1-5(2)6-3-7-4-8-6;1-5(2)6-3-7-8-4-6;1-5(2)6-3-4-8-7-6;9*1-2/h3*3-5H,1-2H3,(H,7,8);6*3-5H,1-2H3;9*1-2H3. The van der Waals surface area contributed by atoms with Gasteiger partial charge in [0.25, 0.3) is 0 Å². The molecule has 0 aliphatic carbocycles. The number of nitrogens with zero attached hydrogens (tertiary/aromatic N) is 9. The van der Waals surface area contributed by atoms with Crippen LogP contribution in [-0.2, 0) is 0 Å². The van der Waals surface area contributed by atoms with Crippen molar-refractivity contribution in [2.75, 3.05) is 0 Å². The summed E-state index contributed by atoms with van der Waals surface area (Å²) in [6.45, 7) is 74.2. The maximum atomic E-state index is 4.98. The molecule has 0 unspecified atom stereocenters. The van der Waals surface area contributed by atoms with Gasteiger partial charge in [-0.25, -0.2) is 19.3 Å². The molecule has 0 radical (unpaired) electrons. The molecule has 9 aromatic rings. The molecule has 0 atom stereocenters. The third-order valence-electron chi connectivity index (χ3n) is 9.65. The zero-order valence-corrected chi connectivity index (χ0v) is 66.5. The maximum absolute atomic E-state index is 4.98. The number of H-pyrrole nitrogens is 3. The molecule has 0 saturated heterocycles. The van der Waals surface area contributed by atoms with E-state index in [0.717, 1.165) is 17.4 Å². The lowest BCUT2D eigenvalue weighted by molar-refractivity contribution is 0.471. The molecule has 0 aliphatic heterocycles. The Bertz CT molecular complexity index is 1850. The van der Waals surface area contributed by atoms with Gasteiger partial charge in [-0.15, -0.1) is 11.3 Å². The summed E-state index contributed by atoms with van der Waals surface area (Å²) in [4.78, 5) is 16.8. The first-order valence-electron chi connectivity index (χ1n) is 33.6. The number of aromatic nitrogens is 12. The van der Waals surface area contributed by atoms with E-state index >= 15 is 0 Å². The Morgan fingerprint density at radius 1 is 0.400 bits per heavy atom. The average Bonchev–Trinajstić information content (AvgIpc) is 4.50. The molecule has 0 saturated carbocycles. The lowest BCUT2D eigenvalue weighted by atomic mass is 10.1. The largest absolute Gasteiger partial charge is 0.449 e. The highest BCUT2D eigenvalue weighted by molar-refractivity contribution is 7.09. The Hall–Kier alpha value is -5.85. The summed E-state index contributed by atoms with van der Waals surface area (Å²) in [6.07, 6.45) is 20.8. The summed E-state index contributed by atoms with van der Waals surface area (Å²) in [5.74, 6) is 7.61. The number of thiazole rings is 1. The number of aromatic amines is 3. The normalized spacial score (nSPS) is 8.90. The third kappa shape index (κ3) is 62.3. The molecule has 9 heterocycles. The molecule has 0 aliphatic rings. The maximum Gasteiger partial charge on any atom is 0.196 e. The van der Waals surface area contributed by atoms with Gasteiger partial charge in [0.1, 0.15) is 17.8 Å². The van der Waals surface area contributed by atoms with E-state index in [0.29, 0.717) is 53.3 Å². The molecule has 0 bridgehead atoms. The Morgan fingerprint density at radius 2 is 0.856 bits per heavy atom. The highest BCUT2D eigenvalue weighted by Crippen LogP contribution is 2.18. The van der Waals surface area contributed by atoms with Gasteiger partial charge in [-0.2, -0.15) is 19.7 Å². The molecule has 0 aromatic carbocycles. The van der Waals surface area contributed by atoms with E-state index in [9.17, 15) is 0 Å². The van der Waals surface area contributed by atoms with E-state index in [1.807, 2.05) is 186 Å². The Labute approximate surface area is 566 Å². The van der Waals surface area contributed by atoms with Gasteiger partial charge in [0.15, 0.2) is 18.7 Å². The van der Waals surface area contributed by atoms with Gasteiger partial charge < -0.3 is 13.3 Å². The SMILES string of the molecule is CC.CC.CC.CC.CC.CC.CC.CC.CC.CC(C)c1ccn[nH]1.CC(C)c1ccn[nH]1.CC(C)c1ccsn1.CC(C)c1cn[nH]c1.CC(C)c1cnco1.CC(C)c1cnco1.CC(C)c1cncs1.CC(C)c1cnsc1.CC(C)c1ncco1. The summed E-state index contributed by atoms with van der Waals surface area (Å²) in [5.41, 5.74) is 8.08. The van der Waals surface area contributed by atoms with Gasteiger partial charge in [-0.1, -0.05) is 249 Å². The van der Waals surface area contributed by atoms with Crippen molar-refractivity contribution in [3.8, 4) is 0 Å². The highest BCUT2D eigenvalue weighted by Gasteiger charge is 2.03. The number of hydrogen-bond acceptors (Lipinski definition) is 15. The fraction of sp³-hybridized carbons (Fsp3) is 0.625. The van der Waals surface area contributed by atoms with E-state index in [-0.39, 0.29) is 0 Å². The fourth-order valence-electron chi connectivity index (χ4n) is 4.82. The summed E-state index contributed by atoms with van der Waals surface area (Å²) >= 11 is 4.76. The van der Waals surface area contributed by atoms with E-state index in [1.54, 1.807) is 48.6 Å². The summed E-state index contributed by atoms with van der Waals surface area (Å²) in [7, 11) is 0. The first kappa shape index (κ1) is 103. The van der Waals surface area contributed by atoms with Crippen molar-refractivity contribution in [2.24, 2.45) is 0 Å². The minimum Gasteiger partial charge on any atom is -0.449 e. The van der Waals surface area contributed by atoms with E-state index in [1.165, 1.54) is 68.9 Å². The molecule has 18 heteroatoms. The highest BCUT2D eigenvalue weighted by atomic mass is 32.1. The zero-order valence-electron chi connectivity index (χ0n) is 64.1. The van der Waals surface area contributed by atoms with E-state index in [2.05, 4.69) is 182 Å². The summed E-state index contributed by atoms with van der Waals surface area (Å²) in [6, 6.07) is 6.05. The molecular formula is C72H138N12O3S3. The topological polar surface area (TPSA) is 203 Å². The van der Waals surface area contributed by atoms with Crippen molar-refractivity contribution >= 4 is 34.4 Å². The molecule has 15 nitrogen and oxygen atoms in total. The van der Waals surface area contributed by atoms with Crippen LogP contribution in [0.15, 0.2) is 123 Å². The van der Waals surface area contributed by atoms with Gasteiger partial charge in [-0.05, 0) is 87.9 Å². The van der Waals surface area contributed by atoms with Crippen LogP contribution < -0.4 is 0 Å². The van der Waals surface area contributed by atoms with Gasteiger partial charge in [-0.3, -0.25) is 20.3 Å². The quantitative estimate of drug-likeness (QED) is 0.124. The molecule has 0 spiro atoms. The average molecular weight is 1320 g/mol. The van der Waals surface area contributed by atoms with Crippen LogP contribution in [0.2, 0.25) is 0 Å². The molecule has 0 fully saturated rings. The van der Waals surface area contributed by atoms with Crippen molar-refractivity contribution in [2.45, 2.75) is 303 Å². The third-order valence-corrected chi connectivity index (χ3v) is 11.9. The second-order valence-corrected chi connectivity index (χ2v) is 21.2. The van der Waals surface area contributed by atoms with Crippen LogP contribution in [0.25, 0.3) is 0 Å². The van der Waals surface area contributed by atoms with E-state index < -0.39 is 0 Å². The molecule has 0 amide bonds. The second-order valence-electron chi connectivity index (χ2n) is 18.9. The van der Waals surface area contributed by atoms with Crippen LogP contribution in [0.5, 0.6) is 0 Å². The zero-order chi connectivity index (χ0) is 71.8. The first-order valence-corrected chi connectivity index (χ1v) is 36.1. The molecule has 9 rings (SSSR count). The Morgan fingerprint density at radius 3 is 1.01 bits per heavy atom. The minimum atomic E-state index is 0.407. The molecule has 9 aromatic heterocycles. The van der Waals surface area contributed by atoms with Crippen molar-refractivity contribution in [3.05, 3.63) is 160 Å². The minimum absolute atomic E-state index is 0.407. The monoisotopic (exact) mass is 1320 g/mol. The molecule has 90 heavy (non-hydrogen) atoms. The van der Waals surface area contributed by atoms with Crippen LogP contribution in [0.3, 0.4) is 0 Å². The predicted octanol–water partition coefficient (Wildman–Crippen LogP) is 26.0. The van der Waals surface area contributed by atoms with Gasteiger partial charge >= 0.3 is 0 Å². The smallest absolute Gasteiger partial charge is 0.196 e. The van der Waals surface area contributed by atoms with E-state index in [4.69, 9.17) is 13.3 Å². The Kier molecular flexibility index (Phi) is 90.7. The lowest BCUT2D eigenvalue weighted by Gasteiger charge is -1.95. The number of hydrogen-bond donors (Lipinski definition) is 3. The van der Waals surface area contributed by atoms with Crippen LogP contribution in [0.4, 0.5) is 0 Å². The van der Waals surface area contributed by atoms with Crippen molar-refractivity contribution in [1.82, 2.24) is 59.3 Å². The number of rotatable bonds is 9. The van der Waals surface area contributed by atoms with Gasteiger partial charge in [0.05, 0.1) is 36.0 Å². The molecule has 522 valence electrons. The van der Waals surface area contributed by atoms with Crippen LogP contribution >= 0.6 is 34.4 Å².